The van der Waals surface area contributed by atoms with Crippen LogP contribution in [0.2, 0.25) is 0 Å². The third-order valence-electron chi connectivity index (χ3n) is 4.54. The minimum atomic E-state index is -1.18. The van der Waals surface area contributed by atoms with Gasteiger partial charge in [0.05, 0.1) is 11.1 Å². The van der Waals surface area contributed by atoms with Gasteiger partial charge in [0.15, 0.2) is 6.61 Å². The van der Waals surface area contributed by atoms with Gasteiger partial charge in [-0.25, -0.2) is 4.79 Å². The number of hydrogen-bond acceptors (Lipinski definition) is 5. The minimum absolute atomic E-state index is 0.0893. The Morgan fingerprint density at radius 1 is 0.933 bits per heavy atom. The summed E-state index contributed by atoms with van der Waals surface area (Å²) in [6, 6.07) is 14.3. The smallest absolute Gasteiger partial charge is 0.330 e. The SMILES string of the molecule is CC(C)(C)NC(=O)COC(=O)[C@@H](Cc1ccccc1)N1C(=O)c2ccccc2C1=O. The molecule has 0 radical (unpaired) electrons. The highest BCUT2D eigenvalue weighted by molar-refractivity contribution is 6.22. The maximum absolute atomic E-state index is 12.9. The Morgan fingerprint density at radius 2 is 1.47 bits per heavy atom. The lowest BCUT2D eigenvalue weighted by Gasteiger charge is -2.25. The highest BCUT2D eigenvalue weighted by Crippen LogP contribution is 2.26. The number of carbonyl (C=O) groups is 4. The highest BCUT2D eigenvalue weighted by Gasteiger charge is 2.43. The first-order valence-electron chi connectivity index (χ1n) is 9.66. The lowest BCUT2D eigenvalue weighted by molar-refractivity contribution is -0.152. The van der Waals surface area contributed by atoms with Crippen molar-refractivity contribution < 1.29 is 23.9 Å². The fourth-order valence-electron chi connectivity index (χ4n) is 3.30. The highest BCUT2D eigenvalue weighted by atomic mass is 16.5. The second-order valence-electron chi connectivity index (χ2n) is 8.14. The van der Waals surface area contributed by atoms with Crippen LogP contribution in [0, 0.1) is 0 Å². The molecule has 0 fully saturated rings. The first-order valence-corrected chi connectivity index (χ1v) is 9.66. The van der Waals surface area contributed by atoms with Crippen LogP contribution in [-0.2, 0) is 20.7 Å². The zero-order valence-corrected chi connectivity index (χ0v) is 17.2. The first kappa shape index (κ1) is 21.2. The molecule has 2 aromatic carbocycles. The van der Waals surface area contributed by atoms with Crippen molar-refractivity contribution in [2.45, 2.75) is 38.8 Å². The molecule has 3 amide bonds. The van der Waals surface area contributed by atoms with E-state index >= 15 is 0 Å². The van der Waals surface area contributed by atoms with Gasteiger partial charge in [0.1, 0.15) is 6.04 Å². The van der Waals surface area contributed by atoms with Gasteiger partial charge < -0.3 is 10.1 Å². The molecule has 7 heteroatoms. The van der Waals surface area contributed by atoms with Crippen LogP contribution in [0.1, 0.15) is 47.1 Å². The van der Waals surface area contributed by atoms with E-state index in [4.69, 9.17) is 4.74 Å². The van der Waals surface area contributed by atoms with E-state index in [1.807, 2.05) is 26.8 Å². The Bertz CT molecular complexity index is 944. The average molecular weight is 408 g/mol. The van der Waals surface area contributed by atoms with Gasteiger partial charge in [0.2, 0.25) is 0 Å². The predicted octanol–water partition coefficient (Wildman–Crippen LogP) is 2.35. The van der Waals surface area contributed by atoms with Gasteiger partial charge in [-0.1, -0.05) is 42.5 Å². The van der Waals surface area contributed by atoms with Gasteiger partial charge in [-0.15, -0.1) is 0 Å². The average Bonchev–Trinajstić information content (AvgIpc) is 2.95. The zero-order chi connectivity index (χ0) is 21.9. The minimum Gasteiger partial charge on any atom is -0.454 e. The van der Waals surface area contributed by atoms with Crippen molar-refractivity contribution in [2.24, 2.45) is 0 Å². The molecule has 1 N–H and O–H groups in total. The maximum atomic E-state index is 12.9. The summed E-state index contributed by atoms with van der Waals surface area (Å²) in [5, 5.41) is 2.70. The second kappa shape index (κ2) is 8.49. The molecule has 0 spiro atoms. The summed E-state index contributed by atoms with van der Waals surface area (Å²) >= 11 is 0. The molecule has 1 aliphatic heterocycles. The van der Waals surface area contributed by atoms with Crippen LogP contribution >= 0.6 is 0 Å². The van der Waals surface area contributed by atoms with Crippen molar-refractivity contribution in [3.63, 3.8) is 0 Å². The van der Waals surface area contributed by atoms with Gasteiger partial charge in [-0.2, -0.15) is 0 Å². The number of carbonyl (C=O) groups excluding carboxylic acids is 4. The largest absolute Gasteiger partial charge is 0.454 e. The molecule has 0 aromatic heterocycles. The third kappa shape index (κ3) is 4.74. The van der Waals surface area contributed by atoms with Crippen LogP contribution in [0.3, 0.4) is 0 Å². The summed E-state index contributed by atoms with van der Waals surface area (Å²) in [5.41, 5.74) is 0.781. The number of fused-ring (bicyclic) bond motifs is 1. The quantitative estimate of drug-likeness (QED) is 0.585. The molecule has 1 heterocycles. The molecule has 0 unspecified atom stereocenters. The molecular formula is C23H24N2O5. The van der Waals surface area contributed by atoms with Crippen molar-refractivity contribution in [2.75, 3.05) is 6.61 Å². The summed E-state index contributed by atoms with van der Waals surface area (Å²) in [6.45, 7) is 4.93. The first-order chi connectivity index (χ1) is 14.2. The molecule has 1 aliphatic rings. The number of amides is 3. The number of rotatable bonds is 6. The van der Waals surface area contributed by atoms with Gasteiger partial charge in [0.25, 0.3) is 17.7 Å². The van der Waals surface area contributed by atoms with Crippen LogP contribution in [0.25, 0.3) is 0 Å². The third-order valence-corrected chi connectivity index (χ3v) is 4.54. The van der Waals surface area contributed by atoms with Crippen LogP contribution in [0.15, 0.2) is 54.6 Å². The number of hydrogen-bond donors (Lipinski definition) is 1. The van der Waals surface area contributed by atoms with E-state index in [9.17, 15) is 19.2 Å². The summed E-state index contributed by atoms with van der Waals surface area (Å²) in [6.07, 6.45) is 0.0893. The Labute approximate surface area is 175 Å². The van der Waals surface area contributed by atoms with Crippen molar-refractivity contribution in [3.8, 4) is 0 Å². The molecule has 30 heavy (non-hydrogen) atoms. The van der Waals surface area contributed by atoms with Crippen LogP contribution < -0.4 is 5.32 Å². The van der Waals surface area contributed by atoms with Crippen LogP contribution in [-0.4, -0.2) is 46.8 Å². The van der Waals surface area contributed by atoms with Crippen molar-refractivity contribution in [1.29, 1.82) is 0 Å². The van der Waals surface area contributed by atoms with Crippen LogP contribution in [0.4, 0.5) is 0 Å². The van der Waals surface area contributed by atoms with Gasteiger partial charge in [-0.3, -0.25) is 19.3 Å². The van der Waals surface area contributed by atoms with E-state index in [0.29, 0.717) is 0 Å². The molecule has 0 saturated carbocycles. The summed E-state index contributed by atoms with van der Waals surface area (Å²) in [7, 11) is 0. The molecule has 7 nitrogen and oxygen atoms in total. The summed E-state index contributed by atoms with van der Waals surface area (Å²) < 4.78 is 5.19. The number of nitrogens with zero attached hydrogens (tertiary/aromatic N) is 1. The fourth-order valence-corrected chi connectivity index (χ4v) is 3.30. The van der Waals surface area contributed by atoms with E-state index in [1.54, 1.807) is 48.5 Å². The summed E-state index contributed by atoms with van der Waals surface area (Å²) in [4.78, 5) is 51.6. The van der Waals surface area contributed by atoms with Gasteiger partial charge in [0, 0.05) is 12.0 Å². The molecule has 0 saturated heterocycles. The number of imide groups is 1. The number of nitrogens with one attached hydrogen (secondary N) is 1. The standard InChI is InChI=1S/C23H24N2O5/c1-23(2,3)24-19(26)14-30-22(29)18(13-15-9-5-4-6-10-15)25-20(27)16-11-7-8-12-17(16)21(25)28/h4-12,18H,13-14H2,1-3H3,(H,24,26)/t18-/m1/s1. The van der Waals surface area contributed by atoms with Crippen LogP contribution in [0.5, 0.6) is 0 Å². The lowest BCUT2D eigenvalue weighted by Crippen LogP contribution is -2.48. The molecule has 3 rings (SSSR count). The number of benzene rings is 2. The Balaban J connectivity index is 1.83. The zero-order valence-electron chi connectivity index (χ0n) is 17.2. The van der Waals surface area contributed by atoms with E-state index in [1.165, 1.54) is 0 Å². The topological polar surface area (TPSA) is 92.8 Å². The Hall–Kier alpha value is -3.48. The number of esters is 1. The molecule has 1 atom stereocenters. The van der Waals surface area contributed by atoms with Gasteiger partial charge >= 0.3 is 5.97 Å². The van der Waals surface area contributed by atoms with Gasteiger partial charge in [-0.05, 0) is 38.5 Å². The lowest BCUT2D eigenvalue weighted by atomic mass is 10.0. The second-order valence-corrected chi connectivity index (χ2v) is 8.14. The monoisotopic (exact) mass is 408 g/mol. The maximum Gasteiger partial charge on any atom is 0.330 e. The van der Waals surface area contributed by atoms with E-state index in [2.05, 4.69) is 5.32 Å². The predicted molar refractivity (Wildman–Crippen MR) is 110 cm³/mol. The van der Waals surface area contributed by atoms with E-state index in [0.717, 1.165) is 10.5 Å². The van der Waals surface area contributed by atoms with Crippen molar-refractivity contribution in [3.05, 3.63) is 71.3 Å². The Kier molecular flexibility index (Phi) is 6.01. The number of ether oxygens (including phenoxy) is 1. The molecular weight excluding hydrogens is 384 g/mol. The summed E-state index contributed by atoms with van der Waals surface area (Å²) in [5.74, 6) is -2.37. The Morgan fingerprint density at radius 3 is 2.00 bits per heavy atom. The molecule has 0 bridgehead atoms. The molecule has 156 valence electrons. The van der Waals surface area contributed by atoms with E-state index in [-0.39, 0.29) is 17.5 Å². The van der Waals surface area contributed by atoms with Crippen molar-refractivity contribution >= 4 is 23.7 Å². The molecule has 0 aliphatic carbocycles. The molecule has 2 aromatic rings. The van der Waals surface area contributed by atoms with E-state index < -0.39 is 41.9 Å². The van der Waals surface area contributed by atoms with Crippen molar-refractivity contribution in [1.82, 2.24) is 10.2 Å². The normalized spacial score (nSPS) is 14.3. The fraction of sp³-hybridized carbons (Fsp3) is 0.304.